The Morgan fingerprint density at radius 3 is 2.38 bits per heavy atom. The number of aromatic amines is 1. The number of benzene rings is 2. The third kappa shape index (κ3) is 3.74. The van der Waals surface area contributed by atoms with Gasteiger partial charge < -0.3 is 15.2 Å². The Balaban J connectivity index is 1.55. The number of rotatable bonds is 6. The fourth-order valence-corrected chi connectivity index (χ4v) is 5.56. The number of aryl methyl sites for hydroxylation is 1. The summed E-state index contributed by atoms with van der Waals surface area (Å²) < 4.78 is 7.63. The molecule has 1 amide bonds. The highest BCUT2D eigenvalue weighted by Gasteiger charge is 2.45. The lowest BCUT2D eigenvalue weighted by atomic mass is 9.76. The van der Waals surface area contributed by atoms with Crippen LogP contribution in [0.5, 0.6) is 11.5 Å². The second-order valence-corrected chi connectivity index (χ2v) is 9.00. The minimum absolute atomic E-state index is 0.233. The smallest absolute Gasteiger partial charge is 0.328 e. The second-order valence-electron chi connectivity index (χ2n) is 9.00. The average Bonchev–Trinajstić information content (AvgIpc) is 3.22. The van der Waals surface area contributed by atoms with E-state index in [9.17, 15) is 19.5 Å². The Bertz CT molecular complexity index is 1280. The zero-order valence-corrected chi connectivity index (χ0v) is 18.8. The molecule has 2 unspecified atom stereocenters. The van der Waals surface area contributed by atoms with E-state index in [1.165, 1.54) is 4.57 Å². The van der Waals surface area contributed by atoms with E-state index in [1.54, 1.807) is 6.20 Å². The molecule has 8 nitrogen and oxygen atoms in total. The maximum absolute atomic E-state index is 12.6. The maximum Gasteiger partial charge on any atom is 0.328 e. The Morgan fingerprint density at radius 2 is 1.76 bits per heavy atom. The van der Waals surface area contributed by atoms with E-state index in [2.05, 4.69) is 10.3 Å². The van der Waals surface area contributed by atoms with Gasteiger partial charge in [0.05, 0.1) is 6.10 Å². The molecule has 1 aromatic heterocycles. The second kappa shape index (κ2) is 8.95. The molecule has 0 saturated heterocycles. The van der Waals surface area contributed by atoms with Crippen molar-refractivity contribution in [3.05, 3.63) is 92.3 Å². The molecule has 176 valence electrons. The van der Waals surface area contributed by atoms with Gasteiger partial charge in [-0.15, -0.1) is 0 Å². The number of fused-ring (bicyclic) bond motifs is 2. The number of aliphatic hydroxyl groups is 1. The molecule has 3 aromatic rings. The van der Waals surface area contributed by atoms with Gasteiger partial charge in [-0.05, 0) is 31.4 Å². The van der Waals surface area contributed by atoms with Crippen molar-refractivity contribution in [1.82, 2.24) is 14.9 Å². The molecule has 4 atom stereocenters. The molecular weight excluding hydrogens is 434 g/mol. The van der Waals surface area contributed by atoms with Crippen LogP contribution in [0, 0.1) is 5.92 Å². The van der Waals surface area contributed by atoms with Crippen molar-refractivity contribution in [2.45, 2.75) is 50.3 Å². The van der Waals surface area contributed by atoms with Gasteiger partial charge in [0, 0.05) is 46.8 Å². The molecule has 2 heterocycles. The topological polar surface area (TPSA) is 113 Å². The Hall–Kier alpha value is -3.65. The molecule has 1 saturated carbocycles. The first-order valence-electron chi connectivity index (χ1n) is 11.6. The molecule has 0 radical (unpaired) electrons. The number of carbonyl (C=O) groups excluding carboxylic acids is 1. The third-order valence-corrected chi connectivity index (χ3v) is 7.18. The van der Waals surface area contributed by atoms with Crippen LogP contribution in [0.4, 0.5) is 0 Å². The Morgan fingerprint density at radius 1 is 1.12 bits per heavy atom. The van der Waals surface area contributed by atoms with E-state index >= 15 is 0 Å². The summed E-state index contributed by atoms with van der Waals surface area (Å²) >= 11 is 0. The number of carbonyl (C=O) groups is 1. The molecule has 5 rings (SSSR count). The number of hydrogen-bond donors (Lipinski definition) is 3. The summed E-state index contributed by atoms with van der Waals surface area (Å²) in [6.07, 6.45) is 2.86. The number of ether oxygens (including phenoxy) is 1. The molecular formula is C26H27N3O5. The third-order valence-electron chi connectivity index (χ3n) is 7.18. The summed E-state index contributed by atoms with van der Waals surface area (Å²) in [5.41, 5.74) is 1.53. The van der Waals surface area contributed by atoms with Crippen LogP contribution in [0.2, 0.25) is 0 Å². The van der Waals surface area contributed by atoms with Gasteiger partial charge in [0.1, 0.15) is 11.5 Å². The van der Waals surface area contributed by atoms with Crippen LogP contribution in [0.25, 0.3) is 0 Å². The SMILES string of the molecule is CCc1cn([C@H]2CC(O)C([C@H](NC=O)C3c4ccccc4Oc4ccccc43)C2)c(=O)[nH]c1=O. The Kier molecular flexibility index (Phi) is 5.83. The fourth-order valence-electron chi connectivity index (χ4n) is 5.56. The Labute approximate surface area is 196 Å². The quantitative estimate of drug-likeness (QED) is 0.488. The predicted octanol–water partition coefficient (Wildman–Crippen LogP) is 2.46. The number of hydrogen-bond acceptors (Lipinski definition) is 5. The van der Waals surface area contributed by atoms with Gasteiger partial charge in [0.25, 0.3) is 5.56 Å². The highest BCUT2D eigenvalue weighted by Crippen LogP contribution is 2.49. The van der Waals surface area contributed by atoms with Gasteiger partial charge in [-0.25, -0.2) is 4.79 Å². The zero-order chi connectivity index (χ0) is 23.8. The van der Waals surface area contributed by atoms with E-state index in [0.29, 0.717) is 31.2 Å². The lowest BCUT2D eigenvalue weighted by Gasteiger charge is -2.37. The van der Waals surface area contributed by atoms with Crippen LogP contribution in [-0.2, 0) is 11.2 Å². The first-order chi connectivity index (χ1) is 16.5. The number of nitrogens with zero attached hydrogens (tertiary/aromatic N) is 1. The molecule has 34 heavy (non-hydrogen) atoms. The van der Waals surface area contributed by atoms with E-state index in [4.69, 9.17) is 4.74 Å². The summed E-state index contributed by atoms with van der Waals surface area (Å²) in [6, 6.07) is 14.7. The molecule has 8 heteroatoms. The van der Waals surface area contributed by atoms with Crippen LogP contribution in [0.3, 0.4) is 0 Å². The van der Waals surface area contributed by atoms with E-state index in [-0.39, 0.29) is 23.4 Å². The van der Waals surface area contributed by atoms with Gasteiger partial charge >= 0.3 is 5.69 Å². The van der Waals surface area contributed by atoms with Crippen LogP contribution in [-0.4, -0.2) is 33.2 Å². The number of nitrogens with one attached hydrogen (secondary N) is 2. The minimum atomic E-state index is -0.742. The number of aromatic nitrogens is 2. The van der Waals surface area contributed by atoms with Crippen LogP contribution < -0.4 is 21.3 Å². The summed E-state index contributed by atoms with van der Waals surface area (Å²) in [5, 5.41) is 14.1. The lowest BCUT2D eigenvalue weighted by molar-refractivity contribution is -0.110. The van der Waals surface area contributed by atoms with Gasteiger partial charge in [-0.3, -0.25) is 19.1 Å². The van der Waals surface area contributed by atoms with E-state index < -0.39 is 17.8 Å². The number of amides is 1. The number of para-hydroxylation sites is 2. The molecule has 2 aliphatic rings. The molecule has 3 N–H and O–H groups in total. The monoisotopic (exact) mass is 461 g/mol. The zero-order valence-electron chi connectivity index (χ0n) is 18.8. The summed E-state index contributed by atoms with van der Waals surface area (Å²) in [6.45, 7) is 1.86. The van der Waals surface area contributed by atoms with Crippen molar-refractivity contribution in [1.29, 1.82) is 0 Å². The molecule has 0 bridgehead atoms. The summed E-state index contributed by atoms with van der Waals surface area (Å²) in [5.74, 6) is 0.890. The van der Waals surface area contributed by atoms with Gasteiger partial charge in [-0.2, -0.15) is 0 Å². The molecule has 0 spiro atoms. The van der Waals surface area contributed by atoms with Gasteiger partial charge in [0.2, 0.25) is 6.41 Å². The highest BCUT2D eigenvalue weighted by molar-refractivity contribution is 5.56. The number of H-pyrrole nitrogens is 1. The van der Waals surface area contributed by atoms with Crippen molar-refractivity contribution in [2.24, 2.45) is 5.92 Å². The van der Waals surface area contributed by atoms with Crippen molar-refractivity contribution < 1.29 is 14.6 Å². The number of aliphatic hydroxyl groups excluding tert-OH is 1. The highest BCUT2D eigenvalue weighted by atomic mass is 16.5. The average molecular weight is 462 g/mol. The standard InChI is InChI=1S/C26H27N3O5/c1-2-15-13-29(26(33)28-25(15)32)16-11-19(20(31)12-16)24(27-14-30)23-17-7-3-5-9-21(17)34-22-10-6-4-8-18(22)23/h3-10,13-14,16,19-20,23-24,31H,2,11-12H2,1H3,(H,27,30)(H,28,32,33)/t16-,19?,20?,24+/m1/s1. The molecule has 1 aliphatic heterocycles. The first-order valence-corrected chi connectivity index (χ1v) is 11.6. The first kappa shape index (κ1) is 22.2. The normalized spacial score (nSPS) is 22.4. The van der Waals surface area contributed by atoms with Crippen LogP contribution in [0.1, 0.15) is 48.4 Å². The molecule has 1 aliphatic carbocycles. The van der Waals surface area contributed by atoms with E-state index in [0.717, 1.165) is 22.6 Å². The summed E-state index contributed by atoms with van der Waals surface area (Å²) in [7, 11) is 0. The minimum Gasteiger partial charge on any atom is -0.457 e. The van der Waals surface area contributed by atoms with Crippen molar-refractivity contribution in [2.75, 3.05) is 0 Å². The maximum atomic E-state index is 12.6. The van der Waals surface area contributed by atoms with Crippen LogP contribution >= 0.6 is 0 Å². The fraction of sp³-hybridized carbons (Fsp3) is 0.346. The van der Waals surface area contributed by atoms with Crippen molar-refractivity contribution in [3.8, 4) is 11.5 Å². The van der Waals surface area contributed by atoms with Gasteiger partial charge in [-0.1, -0.05) is 43.3 Å². The summed E-state index contributed by atoms with van der Waals surface area (Å²) in [4.78, 5) is 38.7. The van der Waals surface area contributed by atoms with Crippen LogP contribution in [0.15, 0.2) is 64.3 Å². The molecule has 1 fully saturated rings. The van der Waals surface area contributed by atoms with Crippen molar-refractivity contribution >= 4 is 6.41 Å². The predicted molar refractivity (Wildman–Crippen MR) is 126 cm³/mol. The largest absolute Gasteiger partial charge is 0.457 e. The lowest BCUT2D eigenvalue weighted by Crippen LogP contribution is -2.44. The van der Waals surface area contributed by atoms with E-state index in [1.807, 2.05) is 55.5 Å². The molecule has 2 aromatic carbocycles. The van der Waals surface area contributed by atoms with Gasteiger partial charge in [0.15, 0.2) is 0 Å². The van der Waals surface area contributed by atoms with Crippen molar-refractivity contribution in [3.63, 3.8) is 0 Å².